The van der Waals surface area contributed by atoms with Crippen LogP contribution in [-0.2, 0) is 18.4 Å². The van der Waals surface area contributed by atoms with Crippen molar-refractivity contribution in [3.8, 4) is 0 Å². The molecule has 0 unspecified atom stereocenters. The monoisotopic (exact) mass is 252 g/mol. The van der Waals surface area contributed by atoms with Gasteiger partial charge in [0.2, 0.25) is 5.91 Å². The van der Waals surface area contributed by atoms with E-state index in [4.69, 9.17) is 5.73 Å². The van der Waals surface area contributed by atoms with E-state index < -0.39 is 0 Å². The van der Waals surface area contributed by atoms with Crippen LogP contribution in [0.1, 0.15) is 51.0 Å². The van der Waals surface area contributed by atoms with E-state index in [1.165, 1.54) is 19.3 Å². The van der Waals surface area contributed by atoms with Gasteiger partial charge in [-0.25, -0.2) is 0 Å². The Kier molecular flexibility index (Phi) is 6.25. The maximum atomic E-state index is 11.6. The van der Waals surface area contributed by atoms with Crippen molar-refractivity contribution in [1.29, 1.82) is 0 Å². The van der Waals surface area contributed by atoms with Gasteiger partial charge in [-0.2, -0.15) is 5.10 Å². The van der Waals surface area contributed by atoms with E-state index in [0.29, 0.717) is 18.8 Å². The summed E-state index contributed by atoms with van der Waals surface area (Å²) in [7, 11) is 1.79. The highest BCUT2D eigenvalue weighted by Gasteiger charge is 2.06. The summed E-state index contributed by atoms with van der Waals surface area (Å²) in [5.74, 6) is 0.702. The molecule has 1 aromatic rings. The second kappa shape index (κ2) is 7.74. The van der Waals surface area contributed by atoms with E-state index >= 15 is 0 Å². The molecule has 0 aliphatic heterocycles. The number of aromatic nitrogens is 2. The van der Waals surface area contributed by atoms with E-state index in [-0.39, 0.29) is 5.91 Å². The second-order valence-corrected chi connectivity index (χ2v) is 4.62. The molecule has 0 aliphatic rings. The Morgan fingerprint density at radius 3 is 2.72 bits per heavy atom. The smallest absolute Gasteiger partial charge is 0.220 e. The molecule has 5 nitrogen and oxygen atoms in total. The van der Waals surface area contributed by atoms with Gasteiger partial charge in [-0.05, 0) is 6.42 Å². The van der Waals surface area contributed by atoms with Crippen molar-refractivity contribution in [2.24, 2.45) is 7.05 Å². The normalized spacial score (nSPS) is 10.6. The number of hydrogen-bond donors (Lipinski definition) is 2. The summed E-state index contributed by atoms with van der Waals surface area (Å²) < 4.78 is 1.60. The lowest BCUT2D eigenvalue weighted by molar-refractivity contribution is -0.121. The third-order valence-corrected chi connectivity index (χ3v) is 3.05. The van der Waals surface area contributed by atoms with E-state index in [1.807, 2.05) is 0 Å². The molecule has 1 amide bonds. The second-order valence-electron chi connectivity index (χ2n) is 4.62. The molecule has 1 heterocycles. The van der Waals surface area contributed by atoms with Gasteiger partial charge in [0.1, 0.15) is 5.82 Å². The van der Waals surface area contributed by atoms with Gasteiger partial charge in [-0.3, -0.25) is 9.48 Å². The lowest BCUT2D eigenvalue weighted by Gasteiger charge is -2.04. The number of aryl methyl sites for hydroxylation is 1. The van der Waals surface area contributed by atoms with Gasteiger partial charge in [0.05, 0.1) is 6.20 Å². The summed E-state index contributed by atoms with van der Waals surface area (Å²) in [5, 5.41) is 6.90. The zero-order valence-electron chi connectivity index (χ0n) is 11.4. The first-order valence-electron chi connectivity index (χ1n) is 6.68. The van der Waals surface area contributed by atoms with Crippen LogP contribution in [0.4, 0.5) is 5.82 Å². The topological polar surface area (TPSA) is 72.9 Å². The molecule has 18 heavy (non-hydrogen) atoms. The summed E-state index contributed by atoms with van der Waals surface area (Å²) in [6, 6.07) is 0. The molecule has 1 aromatic heterocycles. The summed E-state index contributed by atoms with van der Waals surface area (Å²) in [4.78, 5) is 11.6. The predicted molar refractivity (Wildman–Crippen MR) is 72.8 cm³/mol. The Morgan fingerprint density at radius 1 is 1.39 bits per heavy atom. The number of carbonyl (C=O) groups excluding carboxylic acids is 1. The minimum absolute atomic E-state index is 0.0924. The third-order valence-electron chi connectivity index (χ3n) is 3.05. The molecule has 0 saturated carbocycles. The minimum Gasteiger partial charge on any atom is -0.384 e. The van der Waals surface area contributed by atoms with E-state index in [0.717, 1.165) is 18.4 Å². The molecular formula is C13H24N4O. The minimum atomic E-state index is 0.0924. The van der Waals surface area contributed by atoms with Gasteiger partial charge in [-0.1, -0.05) is 32.6 Å². The van der Waals surface area contributed by atoms with Crippen LogP contribution in [0.25, 0.3) is 0 Å². The van der Waals surface area contributed by atoms with Crippen molar-refractivity contribution in [3.05, 3.63) is 11.8 Å². The number of carbonyl (C=O) groups is 1. The Balaban J connectivity index is 2.15. The Bertz CT molecular complexity index is 373. The molecule has 5 heteroatoms. The number of unbranched alkanes of at least 4 members (excludes halogenated alkanes) is 4. The van der Waals surface area contributed by atoms with Crippen molar-refractivity contribution >= 4 is 11.7 Å². The summed E-state index contributed by atoms with van der Waals surface area (Å²) in [6.07, 6.45) is 8.10. The van der Waals surface area contributed by atoms with Crippen molar-refractivity contribution in [2.75, 3.05) is 5.73 Å². The molecule has 0 aliphatic carbocycles. The number of nitrogens with zero attached hydrogens (tertiary/aromatic N) is 2. The van der Waals surface area contributed by atoms with Crippen LogP contribution < -0.4 is 11.1 Å². The molecule has 0 saturated heterocycles. The van der Waals surface area contributed by atoms with Crippen LogP contribution >= 0.6 is 0 Å². The van der Waals surface area contributed by atoms with Gasteiger partial charge in [0, 0.05) is 25.6 Å². The largest absolute Gasteiger partial charge is 0.384 e. The molecule has 1 rings (SSSR count). The first kappa shape index (κ1) is 14.5. The summed E-state index contributed by atoms with van der Waals surface area (Å²) in [5.41, 5.74) is 6.67. The standard InChI is InChI=1S/C13H24N4O/c1-3-4-5-6-7-8-12(18)15-9-11-10-16-17(2)13(11)14/h10H,3-9,14H2,1-2H3,(H,15,18). The van der Waals surface area contributed by atoms with E-state index in [9.17, 15) is 4.79 Å². The molecular weight excluding hydrogens is 228 g/mol. The fourth-order valence-electron chi connectivity index (χ4n) is 1.80. The average molecular weight is 252 g/mol. The zero-order chi connectivity index (χ0) is 13.4. The Hall–Kier alpha value is -1.52. The predicted octanol–water partition coefficient (Wildman–Crippen LogP) is 1.98. The lowest BCUT2D eigenvalue weighted by Crippen LogP contribution is -2.22. The lowest BCUT2D eigenvalue weighted by atomic mass is 10.1. The zero-order valence-corrected chi connectivity index (χ0v) is 11.4. The van der Waals surface area contributed by atoms with Crippen molar-refractivity contribution in [1.82, 2.24) is 15.1 Å². The van der Waals surface area contributed by atoms with Crippen LogP contribution in [-0.4, -0.2) is 15.7 Å². The van der Waals surface area contributed by atoms with Gasteiger partial charge in [0.25, 0.3) is 0 Å². The first-order chi connectivity index (χ1) is 8.65. The van der Waals surface area contributed by atoms with Crippen molar-refractivity contribution in [2.45, 2.75) is 52.0 Å². The molecule has 0 bridgehead atoms. The van der Waals surface area contributed by atoms with Crippen LogP contribution in [0.5, 0.6) is 0 Å². The van der Waals surface area contributed by atoms with Crippen molar-refractivity contribution in [3.63, 3.8) is 0 Å². The number of anilines is 1. The van der Waals surface area contributed by atoms with Gasteiger partial charge in [0.15, 0.2) is 0 Å². The number of nitrogens with two attached hydrogens (primary N) is 1. The van der Waals surface area contributed by atoms with E-state index in [2.05, 4.69) is 17.3 Å². The van der Waals surface area contributed by atoms with Gasteiger partial charge in [-0.15, -0.1) is 0 Å². The fraction of sp³-hybridized carbons (Fsp3) is 0.692. The summed E-state index contributed by atoms with van der Waals surface area (Å²) in [6.45, 7) is 2.65. The molecule has 102 valence electrons. The molecule has 0 fully saturated rings. The van der Waals surface area contributed by atoms with Crippen molar-refractivity contribution < 1.29 is 4.79 Å². The number of amides is 1. The summed E-state index contributed by atoms with van der Waals surface area (Å²) >= 11 is 0. The molecule has 0 radical (unpaired) electrons. The Morgan fingerprint density at radius 2 is 2.11 bits per heavy atom. The van der Waals surface area contributed by atoms with Crippen LogP contribution in [0.2, 0.25) is 0 Å². The fourth-order valence-corrected chi connectivity index (χ4v) is 1.80. The molecule has 0 spiro atoms. The number of nitrogens with one attached hydrogen (secondary N) is 1. The first-order valence-corrected chi connectivity index (χ1v) is 6.68. The average Bonchev–Trinajstić information content (AvgIpc) is 2.67. The SMILES string of the molecule is CCCCCCCC(=O)NCc1cnn(C)c1N. The van der Waals surface area contributed by atoms with Gasteiger partial charge < -0.3 is 11.1 Å². The number of hydrogen-bond acceptors (Lipinski definition) is 3. The Labute approximate surface area is 109 Å². The van der Waals surface area contributed by atoms with Crippen LogP contribution in [0.15, 0.2) is 6.20 Å². The number of nitrogen functional groups attached to an aromatic ring is 1. The molecule has 0 atom stereocenters. The third kappa shape index (κ3) is 4.77. The molecule has 3 N–H and O–H groups in total. The molecule has 0 aromatic carbocycles. The quantitative estimate of drug-likeness (QED) is 0.695. The highest BCUT2D eigenvalue weighted by Crippen LogP contribution is 2.09. The highest BCUT2D eigenvalue weighted by atomic mass is 16.1. The van der Waals surface area contributed by atoms with E-state index in [1.54, 1.807) is 17.9 Å². The maximum absolute atomic E-state index is 11.6. The highest BCUT2D eigenvalue weighted by molar-refractivity contribution is 5.75. The van der Waals surface area contributed by atoms with Gasteiger partial charge >= 0.3 is 0 Å². The van der Waals surface area contributed by atoms with Crippen LogP contribution in [0, 0.1) is 0 Å². The maximum Gasteiger partial charge on any atom is 0.220 e. The number of rotatable bonds is 8. The van der Waals surface area contributed by atoms with Crippen LogP contribution in [0.3, 0.4) is 0 Å².